The standard InChI is InChI=1S/C21H31Cl2N3O2/c1-3-17(15-25-10-5-6-11-25)26(12-9-24-20(27)4-2)21(28)14-16-7-8-18(22)19(23)13-16/h7-8,13,17H,3-6,9-12,14-15H2,1-2H3,(H,24,27). The van der Waals surface area contributed by atoms with Crippen molar-refractivity contribution in [3.63, 3.8) is 0 Å². The average molecular weight is 428 g/mol. The molecule has 1 aromatic carbocycles. The highest BCUT2D eigenvalue weighted by Gasteiger charge is 2.25. The molecule has 1 saturated heterocycles. The summed E-state index contributed by atoms with van der Waals surface area (Å²) in [5.74, 6) is 0.0552. The molecule has 28 heavy (non-hydrogen) atoms. The van der Waals surface area contributed by atoms with E-state index in [2.05, 4.69) is 17.1 Å². The normalized spacial score (nSPS) is 15.4. The molecule has 0 radical (unpaired) electrons. The highest BCUT2D eigenvalue weighted by atomic mass is 35.5. The first-order valence-corrected chi connectivity index (χ1v) is 10.9. The highest BCUT2D eigenvalue weighted by Crippen LogP contribution is 2.23. The van der Waals surface area contributed by atoms with Gasteiger partial charge in [0.2, 0.25) is 11.8 Å². The summed E-state index contributed by atoms with van der Waals surface area (Å²) in [6.45, 7) is 7.99. The Bertz CT molecular complexity index is 663. The van der Waals surface area contributed by atoms with E-state index in [1.807, 2.05) is 17.9 Å². The molecule has 7 heteroatoms. The van der Waals surface area contributed by atoms with E-state index in [1.165, 1.54) is 12.8 Å². The summed E-state index contributed by atoms with van der Waals surface area (Å²) >= 11 is 12.1. The van der Waals surface area contributed by atoms with E-state index in [9.17, 15) is 9.59 Å². The van der Waals surface area contributed by atoms with Crippen LogP contribution in [0, 0.1) is 0 Å². The van der Waals surface area contributed by atoms with Gasteiger partial charge in [-0.25, -0.2) is 0 Å². The van der Waals surface area contributed by atoms with Crippen LogP contribution in [0.15, 0.2) is 18.2 Å². The molecule has 1 aliphatic rings. The van der Waals surface area contributed by atoms with Gasteiger partial charge in [-0.1, -0.05) is 43.1 Å². The van der Waals surface area contributed by atoms with Crippen molar-refractivity contribution in [2.24, 2.45) is 0 Å². The molecule has 2 amide bonds. The smallest absolute Gasteiger partial charge is 0.227 e. The first-order chi connectivity index (χ1) is 13.4. The average Bonchev–Trinajstić information content (AvgIpc) is 3.19. The van der Waals surface area contributed by atoms with E-state index in [1.54, 1.807) is 12.1 Å². The van der Waals surface area contributed by atoms with Crippen LogP contribution < -0.4 is 5.32 Å². The minimum Gasteiger partial charge on any atom is -0.354 e. The zero-order valence-corrected chi connectivity index (χ0v) is 18.4. The number of amides is 2. The van der Waals surface area contributed by atoms with Gasteiger partial charge in [0.15, 0.2) is 0 Å². The van der Waals surface area contributed by atoms with Gasteiger partial charge in [-0.05, 0) is 50.0 Å². The zero-order valence-electron chi connectivity index (χ0n) is 16.8. The van der Waals surface area contributed by atoms with Crippen LogP contribution in [0.2, 0.25) is 10.0 Å². The van der Waals surface area contributed by atoms with Gasteiger partial charge in [0.1, 0.15) is 0 Å². The number of hydrogen-bond donors (Lipinski definition) is 1. The number of carbonyl (C=O) groups excluding carboxylic acids is 2. The number of carbonyl (C=O) groups is 2. The molecule has 5 nitrogen and oxygen atoms in total. The molecule has 0 aromatic heterocycles. The van der Waals surface area contributed by atoms with Crippen molar-refractivity contribution in [2.75, 3.05) is 32.7 Å². The van der Waals surface area contributed by atoms with Crippen molar-refractivity contribution in [1.82, 2.24) is 15.1 Å². The first-order valence-electron chi connectivity index (χ1n) is 10.2. The largest absolute Gasteiger partial charge is 0.354 e. The van der Waals surface area contributed by atoms with Gasteiger partial charge in [0.05, 0.1) is 16.5 Å². The summed E-state index contributed by atoms with van der Waals surface area (Å²) in [4.78, 5) is 29.1. The van der Waals surface area contributed by atoms with E-state index in [0.29, 0.717) is 29.6 Å². The number of nitrogens with one attached hydrogen (secondary N) is 1. The fourth-order valence-electron chi connectivity index (χ4n) is 3.59. The molecular formula is C21H31Cl2N3O2. The fourth-order valence-corrected chi connectivity index (χ4v) is 3.91. The van der Waals surface area contributed by atoms with Gasteiger partial charge >= 0.3 is 0 Å². The van der Waals surface area contributed by atoms with E-state index in [-0.39, 0.29) is 24.3 Å². The number of rotatable bonds is 10. The van der Waals surface area contributed by atoms with Gasteiger partial charge in [-0.2, -0.15) is 0 Å². The lowest BCUT2D eigenvalue weighted by Gasteiger charge is -2.34. The summed E-state index contributed by atoms with van der Waals surface area (Å²) < 4.78 is 0. The van der Waals surface area contributed by atoms with Crippen LogP contribution in [0.3, 0.4) is 0 Å². The molecule has 1 heterocycles. The Morgan fingerprint density at radius 3 is 2.50 bits per heavy atom. The van der Waals surface area contributed by atoms with Crippen LogP contribution >= 0.6 is 23.2 Å². The molecule has 1 unspecified atom stereocenters. The Morgan fingerprint density at radius 2 is 1.89 bits per heavy atom. The molecule has 156 valence electrons. The Labute approximate surface area is 178 Å². The predicted molar refractivity (Wildman–Crippen MR) is 115 cm³/mol. The van der Waals surface area contributed by atoms with Crippen molar-refractivity contribution in [3.05, 3.63) is 33.8 Å². The minimum absolute atomic E-state index is 0.00414. The van der Waals surface area contributed by atoms with Gasteiger partial charge in [-0.15, -0.1) is 0 Å². The summed E-state index contributed by atoms with van der Waals surface area (Å²) in [6, 6.07) is 5.44. The van der Waals surface area contributed by atoms with Crippen molar-refractivity contribution < 1.29 is 9.59 Å². The second kappa shape index (κ2) is 11.6. The topological polar surface area (TPSA) is 52.7 Å². The van der Waals surface area contributed by atoms with E-state index < -0.39 is 0 Å². The highest BCUT2D eigenvalue weighted by molar-refractivity contribution is 6.42. The zero-order chi connectivity index (χ0) is 20.5. The van der Waals surface area contributed by atoms with Crippen molar-refractivity contribution in [1.29, 1.82) is 0 Å². The van der Waals surface area contributed by atoms with Gasteiger partial charge in [0, 0.05) is 32.1 Å². The Hall–Kier alpha value is -1.30. The molecule has 2 rings (SSSR count). The Balaban J connectivity index is 2.08. The van der Waals surface area contributed by atoms with Crippen LogP contribution in [0.5, 0.6) is 0 Å². The molecule has 0 saturated carbocycles. The number of nitrogens with zero attached hydrogens (tertiary/aromatic N) is 2. The van der Waals surface area contributed by atoms with Crippen LogP contribution in [0.4, 0.5) is 0 Å². The monoisotopic (exact) mass is 427 g/mol. The maximum atomic E-state index is 13.1. The molecule has 1 aromatic rings. The van der Waals surface area contributed by atoms with E-state index in [0.717, 1.165) is 31.6 Å². The van der Waals surface area contributed by atoms with Gasteiger partial charge < -0.3 is 15.1 Å². The quantitative estimate of drug-likeness (QED) is 0.618. The van der Waals surface area contributed by atoms with Crippen molar-refractivity contribution >= 4 is 35.0 Å². The maximum absolute atomic E-state index is 13.1. The molecule has 1 N–H and O–H groups in total. The van der Waals surface area contributed by atoms with E-state index >= 15 is 0 Å². The van der Waals surface area contributed by atoms with Crippen LogP contribution in [-0.2, 0) is 16.0 Å². The second-order valence-corrected chi connectivity index (χ2v) is 8.10. The fraction of sp³-hybridized carbons (Fsp3) is 0.619. The van der Waals surface area contributed by atoms with Crippen molar-refractivity contribution in [2.45, 2.75) is 52.0 Å². The van der Waals surface area contributed by atoms with Crippen LogP contribution in [0.1, 0.15) is 45.1 Å². The molecular weight excluding hydrogens is 397 g/mol. The molecule has 0 spiro atoms. The summed E-state index contributed by atoms with van der Waals surface area (Å²) in [5, 5.41) is 3.83. The minimum atomic E-state index is 0.00414. The summed E-state index contributed by atoms with van der Waals surface area (Å²) in [5.41, 5.74) is 0.845. The summed E-state index contributed by atoms with van der Waals surface area (Å²) in [7, 11) is 0. The first kappa shape index (κ1) is 23.0. The molecule has 0 aliphatic carbocycles. The molecule has 0 bridgehead atoms. The number of halogens is 2. The lowest BCUT2D eigenvalue weighted by Crippen LogP contribution is -2.49. The summed E-state index contributed by atoms with van der Waals surface area (Å²) in [6.07, 6.45) is 4.04. The van der Waals surface area contributed by atoms with E-state index in [4.69, 9.17) is 23.2 Å². The third kappa shape index (κ3) is 6.94. The third-order valence-electron chi connectivity index (χ3n) is 5.24. The van der Waals surface area contributed by atoms with Crippen LogP contribution in [-0.4, -0.2) is 60.4 Å². The van der Waals surface area contributed by atoms with Gasteiger partial charge in [0.25, 0.3) is 0 Å². The second-order valence-electron chi connectivity index (χ2n) is 7.29. The number of hydrogen-bond acceptors (Lipinski definition) is 3. The lowest BCUT2D eigenvalue weighted by atomic mass is 10.1. The third-order valence-corrected chi connectivity index (χ3v) is 5.97. The lowest BCUT2D eigenvalue weighted by molar-refractivity contribution is -0.133. The predicted octanol–water partition coefficient (Wildman–Crippen LogP) is 3.77. The van der Waals surface area contributed by atoms with Crippen molar-refractivity contribution in [3.8, 4) is 0 Å². The Kier molecular flexibility index (Phi) is 9.56. The number of benzene rings is 1. The maximum Gasteiger partial charge on any atom is 0.227 e. The van der Waals surface area contributed by atoms with Crippen LogP contribution in [0.25, 0.3) is 0 Å². The van der Waals surface area contributed by atoms with Gasteiger partial charge in [-0.3, -0.25) is 9.59 Å². The molecule has 1 atom stereocenters. The Morgan fingerprint density at radius 1 is 1.18 bits per heavy atom. The molecule has 1 aliphatic heterocycles. The SMILES string of the molecule is CCC(=O)NCCN(C(=O)Cc1ccc(Cl)c(Cl)c1)C(CC)CN1CCCC1. The molecule has 1 fully saturated rings. The number of likely N-dealkylation sites (tertiary alicyclic amines) is 1.